The molecule has 0 rings (SSSR count). The third kappa shape index (κ3) is 3.03. The molecular weight excluding hydrogens is 140 g/mol. The molecule has 1 unspecified atom stereocenters. The van der Waals surface area contributed by atoms with Crippen LogP contribution in [0.15, 0.2) is 0 Å². The molecule has 0 bridgehead atoms. The Bertz CT molecular complexity index is 141. The predicted molar refractivity (Wildman–Crippen MR) is 27.6 cm³/mol. The minimum atomic E-state index is -1.62. The zero-order valence-corrected chi connectivity index (χ0v) is 5.36. The van der Waals surface area contributed by atoms with E-state index in [0.717, 1.165) is 7.11 Å². The molecule has 0 spiro atoms. The molecule has 10 heavy (non-hydrogen) atoms. The lowest BCUT2D eigenvalue weighted by molar-refractivity contribution is -0.307. The fourth-order valence-electron chi connectivity index (χ4n) is 0.377. The fraction of sp³-hybridized carbons (Fsp3) is 0.600. The van der Waals surface area contributed by atoms with E-state index in [0.29, 0.717) is 0 Å². The summed E-state index contributed by atoms with van der Waals surface area (Å²) in [6.07, 6.45) is -2.35. The number of methoxy groups -OCH3 is 1. The lowest BCUT2D eigenvalue weighted by Gasteiger charge is -2.07. The Hall–Kier alpha value is -1.10. The summed E-state index contributed by atoms with van der Waals surface area (Å²) in [5.74, 6) is -2.46. The first-order chi connectivity index (χ1) is 4.57. The van der Waals surface area contributed by atoms with Crippen molar-refractivity contribution in [2.24, 2.45) is 0 Å². The van der Waals surface area contributed by atoms with Crippen molar-refractivity contribution in [3.63, 3.8) is 0 Å². The molecule has 0 aromatic rings. The maximum absolute atomic E-state index is 10.3. The van der Waals surface area contributed by atoms with Crippen LogP contribution in [0.4, 0.5) is 0 Å². The Balaban J connectivity index is 3.72. The number of esters is 1. The van der Waals surface area contributed by atoms with Gasteiger partial charge in [-0.1, -0.05) is 0 Å². The molecule has 0 aromatic heterocycles. The summed E-state index contributed by atoms with van der Waals surface area (Å²) in [4.78, 5) is 20.0. The van der Waals surface area contributed by atoms with Gasteiger partial charge in [0.05, 0.1) is 7.11 Å². The van der Waals surface area contributed by atoms with Gasteiger partial charge in [0.15, 0.2) is 6.10 Å². The van der Waals surface area contributed by atoms with Crippen LogP contribution in [-0.2, 0) is 14.3 Å². The van der Waals surface area contributed by atoms with Crippen molar-refractivity contribution in [1.82, 2.24) is 0 Å². The van der Waals surface area contributed by atoms with Crippen LogP contribution in [0.25, 0.3) is 0 Å². The van der Waals surface area contributed by atoms with Crippen LogP contribution >= 0.6 is 0 Å². The van der Waals surface area contributed by atoms with Crippen LogP contribution in [-0.4, -0.2) is 30.3 Å². The Labute approximate surface area is 57.2 Å². The van der Waals surface area contributed by atoms with Gasteiger partial charge in [0.2, 0.25) is 0 Å². The third-order valence-corrected chi connectivity index (χ3v) is 0.833. The van der Waals surface area contributed by atoms with Crippen molar-refractivity contribution in [3.8, 4) is 0 Å². The maximum atomic E-state index is 10.3. The summed E-state index contributed by atoms with van der Waals surface area (Å²) in [5.41, 5.74) is 0. The number of aliphatic hydroxyl groups excluding tert-OH is 1. The van der Waals surface area contributed by atoms with Crippen LogP contribution in [0.5, 0.6) is 0 Å². The van der Waals surface area contributed by atoms with E-state index in [1.54, 1.807) is 0 Å². The Morgan fingerprint density at radius 1 is 1.70 bits per heavy atom. The lowest BCUT2D eigenvalue weighted by atomic mass is 10.3. The number of ether oxygens (including phenoxy) is 1. The van der Waals surface area contributed by atoms with Gasteiger partial charge in [0, 0.05) is 12.4 Å². The summed E-state index contributed by atoms with van der Waals surface area (Å²) in [5, 5.41) is 18.3. The zero-order valence-electron chi connectivity index (χ0n) is 5.36. The summed E-state index contributed by atoms with van der Waals surface area (Å²) in [6, 6.07) is 0. The van der Waals surface area contributed by atoms with Crippen molar-refractivity contribution >= 4 is 11.9 Å². The smallest absolute Gasteiger partial charge is 0.335 e. The first kappa shape index (κ1) is 8.90. The van der Waals surface area contributed by atoms with Crippen molar-refractivity contribution in [3.05, 3.63) is 0 Å². The van der Waals surface area contributed by atoms with Gasteiger partial charge >= 0.3 is 5.97 Å². The molecule has 58 valence electrons. The van der Waals surface area contributed by atoms with Gasteiger partial charge in [-0.05, 0) is 0 Å². The first-order valence-electron chi connectivity index (χ1n) is 2.53. The third-order valence-electron chi connectivity index (χ3n) is 0.833. The van der Waals surface area contributed by atoms with Crippen molar-refractivity contribution in [1.29, 1.82) is 0 Å². The molecule has 0 fully saturated rings. The van der Waals surface area contributed by atoms with Crippen LogP contribution in [0.3, 0.4) is 0 Å². The number of carboxylic acid groups (broad SMARTS) is 1. The average Bonchev–Trinajstić information content (AvgIpc) is 1.85. The highest BCUT2D eigenvalue weighted by Gasteiger charge is 2.14. The zero-order chi connectivity index (χ0) is 8.15. The van der Waals surface area contributed by atoms with Crippen molar-refractivity contribution in [2.45, 2.75) is 12.5 Å². The molecule has 1 atom stereocenters. The molecule has 0 radical (unpaired) electrons. The number of aliphatic carboxylic acids is 1. The standard InChI is InChI=1S/C5H8O5/c1-10-5(9)3(6)2-4(7)8/h3,6H,2H2,1H3,(H,7,8)/p-1. The highest BCUT2D eigenvalue weighted by Crippen LogP contribution is 1.91. The van der Waals surface area contributed by atoms with E-state index >= 15 is 0 Å². The molecule has 5 heteroatoms. The molecule has 0 aliphatic rings. The van der Waals surface area contributed by atoms with E-state index in [2.05, 4.69) is 4.74 Å². The lowest BCUT2D eigenvalue weighted by Crippen LogP contribution is -2.32. The molecule has 0 aliphatic heterocycles. The van der Waals surface area contributed by atoms with Crippen LogP contribution in [0.2, 0.25) is 0 Å². The maximum Gasteiger partial charge on any atom is 0.335 e. The second kappa shape index (κ2) is 3.84. The highest BCUT2D eigenvalue weighted by molar-refractivity contribution is 5.79. The number of carbonyl (C=O) groups is 2. The van der Waals surface area contributed by atoms with Gasteiger partial charge in [-0.2, -0.15) is 0 Å². The quantitative estimate of drug-likeness (QED) is 0.452. The molecule has 1 N–H and O–H groups in total. The SMILES string of the molecule is COC(=O)C(O)CC(=O)[O-]. The van der Waals surface area contributed by atoms with Crippen molar-refractivity contribution < 1.29 is 24.5 Å². The van der Waals surface area contributed by atoms with E-state index in [1.807, 2.05) is 0 Å². The molecule has 0 aliphatic carbocycles. The number of hydrogen-bond donors (Lipinski definition) is 1. The number of rotatable bonds is 3. The van der Waals surface area contributed by atoms with E-state index in [1.165, 1.54) is 0 Å². The number of aliphatic hydroxyl groups is 1. The number of hydrogen-bond acceptors (Lipinski definition) is 5. The van der Waals surface area contributed by atoms with Gasteiger partial charge in [-0.25, -0.2) is 4.79 Å². The van der Waals surface area contributed by atoms with Crippen LogP contribution < -0.4 is 5.11 Å². The Morgan fingerprint density at radius 3 is 2.50 bits per heavy atom. The number of carboxylic acids is 1. The van der Waals surface area contributed by atoms with Crippen LogP contribution in [0.1, 0.15) is 6.42 Å². The van der Waals surface area contributed by atoms with Gasteiger partial charge in [-0.15, -0.1) is 0 Å². The fourth-order valence-corrected chi connectivity index (χ4v) is 0.377. The molecular formula is C5H7O5-. The minimum absolute atomic E-state index is 0.729. The molecule has 0 heterocycles. The van der Waals surface area contributed by atoms with Gasteiger partial charge in [0.25, 0.3) is 0 Å². The average molecular weight is 147 g/mol. The highest BCUT2D eigenvalue weighted by atomic mass is 16.5. The van der Waals surface area contributed by atoms with E-state index in [9.17, 15) is 14.7 Å². The summed E-state index contributed by atoms with van der Waals surface area (Å²) >= 11 is 0. The Morgan fingerprint density at radius 2 is 2.20 bits per heavy atom. The molecule has 0 saturated heterocycles. The molecule has 0 saturated carbocycles. The van der Waals surface area contributed by atoms with E-state index in [-0.39, 0.29) is 0 Å². The minimum Gasteiger partial charge on any atom is -0.550 e. The first-order valence-corrected chi connectivity index (χ1v) is 2.53. The van der Waals surface area contributed by atoms with E-state index < -0.39 is 24.5 Å². The monoisotopic (exact) mass is 147 g/mol. The largest absolute Gasteiger partial charge is 0.550 e. The second-order valence-electron chi connectivity index (χ2n) is 1.62. The van der Waals surface area contributed by atoms with Gasteiger partial charge < -0.3 is 19.7 Å². The van der Waals surface area contributed by atoms with Crippen molar-refractivity contribution in [2.75, 3.05) is 7.11 Å². The summed E-state index contributed by atoms with van der Waals surface area (Å²) < 4.78 is 4.03. The van der Waals surface area contributed by atoms with E-state index in [4.69, 9.17) is 5.11 Å². The normalized spacial score (nSPS) is 12.2. The summed E-state index contributed by atoms with van der Waals surface area (Å²) in [7, 11) is 1.06. The molecule has 0 aromatic carbocycles. The van der Waals surface area contributed by atoms with Gasteiger partial charge in [-0.3, -0.25) is 0 Å². The predicted octanol–water partition coefficient (Wildman–Crippen LogP) is -2.34. The van der Waals surface area contributed by atoms with Crippen LogP contribution in [0, 0.1) is 0 Å². The molecule has 0 amide bonds. The van der Waals surface area contributed by atoms with Gasteiger partial charge in [0.1, 0.15) is 0 Å². The summed E-state index contributed by atoms with van der Waals surface area (Å²) in [6.45, 7) is 0. The Kier molecular flexibility index (Phi) is 3.42. The second-order valence-corrected chi connectivity index (χ2v) is 1.62. The topological polar surface area (TPSA) is 86.7 Å². The molecule has 5 nitrogen and oxygen atoms in total. The number of carbonyl (C=O) groups excluding carboxylic acids is 2.